The van der Waals surface area contributed by atoms with Crippen LogP contribution in [0.3, 0.4) is 0 Å². The maximum Gasteiger partial charge on any atom is 0.252 e. The van der Waals surface area contributed by atoms with Crippen molar-refractivity contribution in [2.45, 2.75) is 44.8 Å². The molecule has 6 heteroatoms. The molecule has 20 heavy (non-hydrogen) atoms. The normalized spacial score (nSPS) is 22.4. The highest BCUT2D eigenvalue weighted by atomic mass is 16.2. The molecule has 0 bridgehead atoms. The summed E-state index contributed by atoms with van der Waals surface area (Å²) < 4.78 is 1.56. The summed E-state index contributed by atoms with van der Waals surface area (Å²) in [6, 6.07) is 2.72. The number of carbonyl (C=O) groups excluding carboxylic acids is 2. The third-order valence-electron chi connectivity index (χ3n) is 3.76. The van der Waals surface area contributed by atoms with Crippen molar-refractivity contribution >= 4 is 17.5 Å². The Hall–Kier alpha value is -2.11. The van der Waals surface area contributed by atoms with Gasteiger partial charge in [-0.2, -0.15) is 0 Å². The maximum absolute atomic E-state index is 12.2. The fourth-order valence-electron chi connectivity index (χ4n) is 2.55. The molecule has 1 saturated heterocycles. The minimum absolute atomic E-state index is 0.0773. The van der Waals surface area contributed by atoms with E-state index in [4.69, 9.17) is 0 Å². The lowest BCUT2D eigenvalue weighted by Gasteiger charge is -2.15. The summed E-state index contributed by atoms with van der Waals surface area (Å²) in [5.41, 5.74) is 0.613. The molecule has 106 valence electrons. The molecule has 3 rings (SSSR count). The van der Waals surface area contributed by atoms with Gasteiger partial charge >= 0.3 is 0 Å². The third-order valence-corrected chi connectivity index (χ3v) is 3.76. The molecule has 1 aromatic heterocycles. The van der Waals surface area contributed by atoms with Gasteiger partial charge in [0.05, 0.1) is 12.1 Å². The van der Waals surface area contributed by atoms with Gasteiger partial charge in [0, 0.05) is 24.8 Å². The lowest BCUT2D eigenvalue weighted by molar-refractivity contribution is -0.139. The average molecular weight is 275 g/mol. The highest BCUT2D eigenvalue weighted by molar-refractivity contribution is 6.07. The van der Waals surface area contributed by atoms with Crippen molar-refractivity contribution in [1.29, 1.82) is 0 Å². The van der Waals surface area contributed by atoms with Crippen LogP contribution >= 0.6 is 0 Å². The standard InChI is InChI=1S/C14H17N3O3/c1-2-16-8-9(3-6-12(16)18)15-11-7-13(19)17(14(11)20)10-4-5-10/h3,6,8,10-11,15H,2,4-5,7H2,1H3. The van der Waals surface area contributed by atoms with Crippen LogP contribution in [-0.2, 0) is 16.1 Å². The van der Waals surface area contributed by atoms with E-state index in [9.17, 15) is 14.4 Å². The summed E-state index contributed by atoms with van der Waals surface area (Å²) in [5, 5.41) is 3.06. The second-order valence-corrected chi connectivity index (χ2v) is 5.28. The first-order valence-corrected chi connectivity index (χ1v) is 6.93. The number of nitrogens with one attached hydrogen (secondary N) is 1. The highest BCUT2D eigenvalue weighted by Gasteiger charge is 2.46. The number of hydrogen-bond acceptors (Lipinski definition) is 4. The maximum atomic E-state index is 12.2. The molecule has 1 aliphatic carbocycles. The number of aromatic nitrogens is 1. The Bertz CT molecular complexity index is 618. The number of hydrogen-bond donors (Lipinski definition) is 1. The highest BCUT2D eigenvalue weighted by Crippen LogP contribution is 2.32. The Morgan fingerprint density at radius 1 is 1.25 bits per heavy atom. The van der Waals surface area contributed by atoms with Crippen LogP contribution < -0.4 is 10.9 Å². The first-order chi connectivity index (χ1) is 9.60. The number of anilines is 1. The van der Waals surface area contributed by atoms with Gasteiger partial charge in [-0.15, -0.1) is 0 Å². The summed E-state index contributed by atoms with van der Waals surface area (Å²) in [6.45, 7) is 2.45. The first kappa shape index (κ1) is 12.9. The number of nitrogens with zero attached hydrogens (tertiary/aromatic N) is 2. The van der Waals surface area contributed by atoms with E-state index in [0.29, 0.717) is 12.2 Å². The van der Waals surface area contributed by atoms with Gasteiger partial charge in [-0.05, 0) is 25.8 Å². The van der Waals surface area contributed by atoms with Gasteiger partial charge in [-0.1, -0.05) is 0 Å². The van der Waals surface area contributed by atoms with Crippen LogP contribution in [0.15, 0.2) is 23.1 Å². The molecule has 0 aromatic carbocycles. The molecule has 2 aliphatic rings. The molecule has 0 radical (unpaired) electrons. The van der Waals surface area contributed by atoms with Gasteiger partial charge in [-0.25, -0.2) is 0 Å². The van der Waals surface area contributed by atoms with E-state index >= 15 is 0 Å². The Labute approximate surface area is 116 Å². The molecule has 2 fully saturated rings. The molecule has 1 saturated carbocycles. The number of imide groups is 1. The number of carbonyl (C=O) groups is 2. The SMILES string of the molecule is CCn1cc(NC2CC(=O)N(C3CC3)C2=O)ccc1=O. The van der Waals surface area contributed by atoms with Crippen LogP contribution in [0.4, 0.5) is 5.69 Å². The predicted molar refractivity (Wildman–Crippen MR) is 73.3 cm³/mol. The van der Waals surface area contributed by atoms with E-state index in [1.54, 1.807) is 16.8 Å². The van der Waals surface area contributed by atoms with E-state index < -0.39 is 6.04 Å². The van der Waals surface area contributed by atoms with E-state index in [1.807, 2.05) is 6.92 Å². The van der Waals surface area contributed by atoms with Crippen molar-refractivity contribution in [2.75, 3.05) is 5.32 Å². The van der Waals surface area contributed by atoms with E-state index in [0.717, 1.165) is 12.8 Å². The first-order valence-electron chi connectivity index (χ1n) is 6.93. The van der Waals surface area contributed by atoms with Crippen molar-refractivity contribution < 1.29 is 9.59 Å². The zero-order valence-corrected chi connectivity index (χ0v) is 11.3. The zero-order valence-electron chi connectivity index (χ0n) is 11.3. The molecule has 2 heterocycles. The summed E-state index contributed by atoms with van der Waals surface area (Å²) in [4.78, 5) is 37.0. The molecule has 2 amide bonds. The van der Waals surface area contributed by atoms with Crippen LogP contribution in [0, 0.1) is 0 Å². The average Bonchev–Trinajstić information content (AvgIpc) is 3.20. The molecular formula is C14H17N3O3. The summed E-state index contributed by atoms with van der Waals surface area (Å²) >= 11 is 0. The quantitative estimate of drug-likeness (QED) is 0.815. The van der Waals surface area contributed by atoms with Gasteiger partial charge in [-0.3, -0.25) is 19.3 Å². The van der Waals surface area contributed by atoms with Crippen molar-refractivity contribution in [3.05, 3.63) is 28.7 Å². The van der Waals surface area contributed by atoms with E-state index in [2.05, 4.69) is 5.32 Å². The van der Waals surface area contributed by atoms with Crippen LogP contribution in [0.2, 0.25) is 0 Å². The monoisotopic (exact) mass is 275 g/mol. The minimum atomic E-state index is -0.508. The fourth-order valence-corrected chi connectivity index (χ4v) is 2.55. The third kappa shape index (κ3) is 2.21. The van der Waals surface area contributed by atoms with Crippen LogP contribution in [-0.4, -0.2) is 33.4 Å². The van der Waals surface area contributed by atoms with Gasteiger partial charge in [0.15, 0.2) is 0 Å². The number of likely N-dealkylation sites (tertiary alicyclic amines) is 1. The molecule has 1 atom stereocenters. The number of aryl methyl sites for hydroxylation is 1. The Morgan fingerprint density at radius 2 is 2.00 bits per heavy atom. The van der Waals surface area contributed by atoms with Crippen LogP contribution in [0.5, 0.6) is 0 Å². The molecule has 1 aliphatic heterocycles. The van der Waals surface area contributed by atoms with Gasteiger partial charge in [0.25, 0.3) is 11.5 Å². The van der Waals surface area contributed by atoms with Crippen molar-refractivity contribution in [1.82, 2.24) is 9.47 Å². The summed E-state index contributed by atoms with van der Waals surface area (Å²) in [7, 11) is 0. The predicted octanol–water partition coefficient (Wildman–Crippen LogP) is 0.570. The van der Waals surface area contributed by atoms with Crippen molar-refractivity contribution in [3.63, 3.8) is 0 Å². The largest absolute Gasteiger partial charge is 0.372 e. The van der Waals surface area contributed by atoms with Crippen molar-refractivity contribution in [2.24, 2.45) is 0 Å². The molecule has 6 nitrogen and oxygen atoms in total. The topological polar surface area (TPSA) is 71.4 Å². The molecule has 0 spiro atoms. The molecule has 1 N–H and O–H groups in total. The Balaban J connectivity index is 1.76. The van der Waals surface area contributed by atoms with Crippen molar-refractivity contribution in [3.8, 4) is 0 Å². The number of rotatable bonds is 4. The van der Waals surface area contributed by atoms with Crippen LogP contribution in [0.25, 0.3) is 0 Å². The number of amides is 2. The lowest BCUT2D eigenvalue weighted by atomic mass is 10.2. The zero-order chi connectivity index (χ0) is 14.3. The van der Waals surface area contributed by atoms with Gasteiger partial charge < -0.3 is 9.88 Å². The van der Waals surface area contributed by atoms with E-state index in [-0.39, 0.29) is 29.8 Å². The second-order valence-electron chi connectivity index (χ2n) is 5.28. The lowest BCUT2D eigenvalue weighted by Crippen LogP contribution is -2.36. The van der Waals surface area contributed by atoms with Gasteiger partial charge in [0.1, 0.15) is 6.04 Å². The fraction of sp³-hybridized carbons (Fsp3) is 0.500. The molecule has 1 unspecified atom stereocenters. The number of pyridine rings is 1. The second kappa shape index (κ2) is 4.77. The van der Waals surface area contributed by atoms with E-state index in [1.165, 1.54) is 11.0 Å². The Kier molecular flexibility index (Phi) is 3.08. The molecular weight excluding hydrogens is 258 g/mol. The van der Waals surface area contributed by atoms with Gasteiger partial charge in [0.2, 0.25) is 5.91 Å². The minimum Gasteiger partial charge on any atom is -0.372 e. The Morgan fingerprint density at radius 3 is 2.65 bits per heavy atom. The summed E-state index contributed by atoms with van der Waals surface area (Å²) in [5.74, 6) is -0.245. The molecule has 1 aromatic rings. The van der Waals surface area contributed by atoms with Crippen LogP contribution in [0.1, 0.15) is 26.2 Å². The summed E-state index contributed by atoms with van der Waals surface area (Å²) in [6.07, 6.45) is 3.72. The smallest absolute Gasteiger partial charge is 0.252 e.